The summed E-state index contributed by atoms with van der Waals surface area (Å²) in [5.41, 5.74) is 6.50. The van der Waals surface area contributed by atoms with E-state index in [4.69, 9.17) is 5.73 Å². The number of anilines is 2. The van der Waals surface area contributed by atoms with Crippen molar-refractivity contribution in [1.82, 2.24) is 5.32 Å². The van der Waals surface area contributed by atoms with Gasteiger partial charge in [-0.1, -0.05) is 32.8 Å². The Kier molecular flexibility index (Phi) is 7.00. The van der Waals surface area contributed by atoms with Crippen LogP contribution >= 0.6 is 0 Å². The van der Waals surface area contributed by atoms with Gasteiger partial charge in [0.05, 0.1) is 0 Å². The fraction of sp³-hybridized carbons (Fsp3) is 0.526. The van der Waals surface area contributed by atoms with Crippen LogP contribution in [0.3, 0.4) is 0 Å². The van der Waals surface area contributed by atoms with Crippen LogP contribution in [-0.2, 0) is 9.59 Å². The van der Waals surface area contributed by atoms with Crippen molar-refractivity contribution in [1.29, 1.82) is 0 Å². The molecule has 0 aromatic heterocycles. The van der Waals surface area contributed by atoms with Crippen LogP contribution in [0.15, 0.2) is 24.3 Å². The zero-order valence-electron chi connectivity index (χ0n) is 15.4. The van der Waals surface area contributed by atoms with E-state index in [1.165, 1.54) is 0 Å². The number of carbonyl (C=O) groups is 3. The molecule has 1 aromatic rings. The van der Waals surface area contributed by atoms with Crippen LogP contribution in [0.5, 0.6) is 0 Å². The third-order valence-corrected chi connectivity index (χ3v) is 4.47. The first-order valence-corrected chi connectivity index (χ1v) is 9.13. The summed E-state index contributed by atoms with van der Waals surface area (Å²) in [6.45, 7) is 3.90. The number of carbonyl (C=O) groups excluding carboxylic acids is 3. The summed E-state index contributed by atoms with van der Waals surface area (Å²) in [5, 5.41) is 8.16. The van der Waals surface area contributed by atoms with Crippen LogP contribution in [0.2, 0.25) is 0 Å². The predicted molar refractivity (Wildman–Crippen MR) is 102 cm³/mol. The van der Waals surface area contributed by atoms with Crippen molar-refractivity contribution in [2.24, 2.45) is 17.6 Å². The molecule has 1 aliphatic carbocycles. The highest BCUT2D eigenvalue weighted by Gasteiger charge is 2.23. The monoisotopic (exact) mass is 360 g/mol. The summed E-state index contributed by atoms with van der Waals surface area (Å²) < 4.78 is 0. The minimum absolute atomic E-state index is 0.0230. The van der Waals surface area contributed by atoms with E-state index < -0.39 is 18.0 Å². The summed E-state index contributed by atoms with van der Waals surface area (Å²) in [4.78, 5) is 35.8. The van der Waals surface area contributed by atoms with E-state index in [1.54, 1.807) is 24.3 Å². The third kappa shape index (κ3) is 6.06. The van der Waals surface area contributed by atoms with Gasteiger partial charge in [-0.3, -0.25) is 9.59 Å². The lowest BCUT2D eigenvalue weighted by Crippen LogP contribution is -2.46. The minimum Gasteiger partial charge on any atom is -0.368 e. The van der Waals surface area contributed by atoms with Crippen LogP contribution in [0.25, 0.3) is 0 Å². The molecule has 26 heavy (non-hydrogen) atoms. The number of nitrogens with two attached hydrogens (primary N) is 1. The number of amides is 4. The summed E-state index contributed by atoms with van der Waals surface area (Å²) in [6, 6.07) is 5.70. The first-order chi connectivity index (χ1) is 12.3. The molecule has 0 radical (unpaired) electrons. The van der Waals surface area contributed by atoms with Gasteiger partial charge in [0, 0.05) is 17.3 Å². The first kappa shape index (κ1) is 19.8. The van der Waals surface area contributed by atoms with Crippen LogP contribution < -0.4 is 21.7 Å². The number of urea groups is 1. The number of primary amides is 1. The normalized spacial score (nSPS) is 15.5. The van der Waals surface area contributed by atoms with Gasteiger partial charge in [-0.25, -0.2) is 4.79 Å². The lowest BCUT2D eigenvalue weighted by molar-refractivity contribution is -0.120. The fourth-order valence-corrected chi connectivity index (χ4v) is 3.15. The molecule has 7 nitrogen and oxygen atoms in total. The van der Waals surface area contributed by atoms with E-state index in [2.05, 4.69) is 16.0 Å². The summed E-state index contributed by atoms with van der Waals surface area (Å²) in [6.07, 6.45) is 4.52. The second-order valence-electron chi connectivity index (χ2n) is 7.23. The van der Waals surface area contributed by atoms with Crippen molar-refractivity contribution in [3.05, 3.63) is 24.3 Å². The molecule has 0 aliphatic heterocycles. The van der Waals surface area contributed by atoms with Crippen LogP contribution in [-0.4, -0.2) is 23.9 Å². The Hall–Kier alpha value is -2.57. The van der Waals surface area contributed by atoms with Crippen molar-refractivity contribution in [3.63, 3.8) is 0 Å². The maximum atomic E-state index is 12.2. The highest BCUT2D eigenvalue weighted by Crippen LogP contribution is 2.26. The Balaban J connectivity index is 1.93. The largest absolute Gasteiger partial charge is 0.368 e. The van der Waals surface area contributed by atoms with Gasteiger partial charge in [0.2, 0.25) is 11.8 Å². The predicted octanol–water partition coefficient (Wildman–Crippen LogP) is 2.84. The summed E-state index contributed by atoms with van der Waals surface area (Å²) in [5.74, 6) is -0.245. The van der Waals surface area contributed by atoms with Crippen LogP contribution in [0.1, 0.15) is 46.0 Å². The average Bonchev–Trinajstić information content (AvgIpc) is 3.08. The third-order valence-electron chi connectivity index (χ3n) is 4.47. The second-order valence-corrected chi connectivity index (χ2v) is 7.23. The van der Waals surface area contributed by atoms with E-state index in [-0.39, 0.29) is 17.7 Å². The van der Waals surface area contributed by atoms with Crippen LogP contribution in [0, 0.1) is 11.8 Å². The molecule has 4 amide bonds. The maximum Gasteiger partial charge on any atom is 0.319 e. The topological polar surface area (TPSA) is 113 Å². The van der Waals surface area contributed by atoms with Gasteiger partial charge < -0.3 is 21.7 Å². The molecule has 0 saturated heterocycles. The van der Waals surface area contributed by atoms with Gasteiger partial charge in [0.1, 0.15) is 6.04 Å². The van der Waals surface area contributed by atoms with Crippen LogP contribution in [0.4, 0.5) is 16.2 Å². The van der Waals surface area contributed by atoms with Crippen molar-refractivity contribution in [2.45, 2.75) is 52.0 Å². The molecular formula is C19H28N4O3. The maximum absolute atomic E-state index is 12.2. The molecular weight excluding hydrogens is 332 g/mol. The number of hydrogen-bond acceptors (Lipinski definition) is 3. The second kappa shape index (κ2) is 9.22. The molecule has 1 aliphatic rings. The van der Waals surface area contributed by atoms with Gasteiger partial charge in [0.15, 0.2) is 0 Å². The highest BCUT2D eigenvalue weighted by atomic mass is 16.2. The first-order valence-electron chi connectivity index (χ1n) is 9.13. The van der Waals surface area contributed by atoms with Crippen molar-refractivity contribution >= 4 is 29.2 Å². The molecule has 2 rings (SSSR count). The molecule has 0 heterocycles. The minimum atomic E-state index is -0.722. The number of benzene rings is 1. The molecule has 0 bridgehead atoms. The summed E-state index contributed by atoms with van der Waals surface area (Å²) >= 11 is 0. The quantitative estimate of drug-likeness (QED) is 0.599. The van der Waals surface area contributed by atoms with E-state index in [9.17, 15) is 14.4 Å². The van der Waals surface area contributed by atoms with E-state index in [1.807, 2.05) is 13.8 Å². The van der Waals surface area contributed by atoms with Crippen molar-refractivity contribution in [3.8, 4) is 0 Å². The van der Waals surface area contributed by atoms with Gasteiger partial charge in [-0.2, -0.15) is 0 Å². The zero-order chi connectivity index (χ0) is 19.1. The van der Waals surface area contributed by atoms with Gasteiger partial charge >= 0.3 is 6.03 Å². The smallest absolute Gasteiger partial charge is 0.319 e. The molecule has 142 valence electrons. The van der Waals surface area contributed by atoms with Crippen molar-refractivity contribution < 1.29 is 14.4 Å². The van der Waals surface area contributed by atoms with Gasteiger partial charge in [-0.15, -0.1) is 0 Å². The SMILES string of the molecule is CC(C)C[C@H](NC(=O)Nc1cccc(NC(=O)C2CCCC2)c1)C(N)=O. The number of rotatable bonds is 7. The Bertz CT molecular complexity index is 654. The average molecular weight is 360 g/mol. The molecule has 1 fully saturated rings. The Labute approximate surface area is 154 Å². The summed E-state index contributed by atoms with van der Waals surface area (Å²) in [7, 11) is 0. The standard InChI is InChI=1S/C19H28N4O3/c1-12(2)10-16(17(20)24)23-19(26)22-15-9-5-8-14(11-15)21-18(25)13-6-3-4-7-13/h5,8-9,11-13,16H,3-4,6-7,10H2,1-2H3,(H2,20,24)(H,21,25)(H2,22,23,26)/t16-/m0/s1. The van der Waals surface area contributed by atoms with Crippen molar-refractivity contribution in [2.75, 3.05) is 10.6 Å². The Morgan fingerprint density at radius 3 is 2.31 bits per heavy atom. The Morgan fingerprint density at radius 2 is 1.73 bits per heavy atom. The van der Waals surface area contributed by atoms with E-state index >= 15 is 0 Å². The van der Waals surface area contributed by atoms with Gasteiger partial charge in [0.25, 0.3) is 0 Å². The molecule has 1 aromatic carbocycles. The van der Waals surface area contributed by atoms with E-state index in [0.717, 1.165) is 25.7 Å². The molecule has 0 spiro atoms. The van der Waals surface area contributed by atoms with Gasteiger partial charge in [-0.05, 0) is 43.4 Å². The molecule has 0 unspecified atom stereocenters. The lowest BCUT2D eigenvalue weighted by atomic mass is 10.0. The van der Waals surface area contributed by atoms with E-state index in [0.29, 0.717) is 17.8 Å². The number of hydrogen-bond donors (Lipinski definition) is 4. The molecule has 7 heteroatoms. The zero-order valence-corrected chi connectivity index (χ0v) is 15.4. The fourth-order valence-electron chi connectivity index (χ4n) is 3.15. The molecule has 5 N–H and O–H groups in total. The molecule has 1 atom stereocenters. The lowest BCUT2D eigenvalue weighted by Gasteiger charge is -2.18. The Morgan fingerprint density at radius 1 is 1.12 bits per heavy atom. The highest BCUT2D eigenvalue weighted by molar-refractivity contribution is 5.96. The molecule has 1 saturated carbocycles. The number of nitrogens with one attached hydrogen (secondary N) is 3.